The zero-order chi connectivity index (χ0) is 22.9. The van der Waals surface area contributed by atoms with Gasteiger partial charge in [0.2, 0.25) is 15.9 Å². The number of amides is 2. The van der Waals surface area contributed by atoms with Crippen LogP contribution in [0.3, 0.4) is 0 Å². The van der Waals surface area contributed by atoms with Crippen LogP contribution in [0.25, 0.3) is 0 Å². The maximum Gasteiger partial charge on any atom is 0.255 e. The molecule has 0 unspecified atom stereocenters. The fraction of sp³-hybridized carbons (Fsp3) is 0.417. The Morgan fingerprint density at radius 2 is 1.72 bits per heavy atom. The van der Waals surface area contributed by atoms with Crippen LogP contribution in [-0.2, 0) is 14.8 Å². The maximum absolute atomic E-state index is 12.9. The summed E-state index contributed by atoms with van der Waals surface area (Å²) in [5.41, 5.74) is 1.40. The van der Waals surface area contributed by atoms with Gasteiger partial charge in [0.15, 0.2) is 0 Å². The molecule has 0 heterocycles. The molecule has 2 aromatic carbocycles. The number of hydrogen-bond acceptors (Lipinski definition) is 4. The largest absolute Gasteiger partial charge is 0.326 e. The second-order valence-corrected chi connectivity index (χ2v) is 10.7. The summed E-state index contributed by atoms with van der Waals surface area (Å²) in [6, 6.07) is 12.7. The quantitative estimate of drug-likeness (QED) is 0.587. The highest BCUT2D eigenvalue weighted by Gasteiger charge is 2.42. The Morgan fingerprint density at radius 1 is 0.969 bits per heavy atom. The van der Waals surface area contributed by atoms with E-state index in [0.29, 0.717) is 28.8 Å². The van der Waals surface area contributed by atoms with Crippen LogP contribution in [-0.4, -0.2) is 26.3 Å². The minimum absolute atomic E-state index is 0.0921. The van der Waals surface area contributed by atoms with Gasteiger partial charge in [0, 0.05) is 29.9 Å². The number of hydrogen-bond donors (Lipinski definition) is 3. The van der Waals surface area contributed by atoms with E-state index in [1.165, 1.54) is 38.3 Å². The second-order valence-electron chi connectivity index (χ2n) is 8.99. The Hall–Kier alpha value is -2.71. The summed E-state index contributed by atoms with van der Waals surface area (Å²) >= 11 is 0. The van der Waals surface area contributed by atoms with E-state index in [-0.39, 0.29) is 22.8 Å². The van der Waals surface area contributed by atoms with E-state index in [9.17, 15) is 18.0 Å². The van der Waals surface area contributed by atoms with Crippen molar-refractivity contribution in [1.82, 2.24) is 4.72 Å². The lowest BCUT2D eigenvalue weighted by molar-refractivity contribution is -0.114. The first-order valence-electron chi connectivity index (χ1n) is 11.0. The summed E-state index contributed by atoms with van der Waals surface area (Å²) in [7, 11) is -3.63. The van der Waals surface area contributed by atoms with Crippen molar-refractivity contribution in [1.29, 1.82) is 0 Å². The van der Waals surface area contributed by atoms with Crippen LogP contribution in [0.2, 0.25) is 0 Å². The topological polar surface area (TPSA) is 104 Å². The minimum Gasteiger partial charge on any atom is -0.326 e. The third kappa shape index (κ3) is 5.02. The normalized spacial score (nSPS) is 23.0. The number of anilines is 2. The van der Waals surface area contributed by atoms with E-state index >= 15 is 0 Å². The number of rotatable bonds is 7. The van der Waals surface area contributed by atoms with Crippen molar-refractivity contribution < 1.29 is 18.0 Å². The number of fused-ring (bicyclic) bond motifs is 2. The predicted octanol–water partition coefficient (Wildman–Crippen LogP) is 4.00. The molecule has 2 fully saturated rings. The SMILES string of the molecule is CC(=O)Nc1cccc(C(=O)Nc2ccc(S(=O)(=O)N[C@@H](C)[C@H]3C[C@H]4CC[C@H]3C4)cc2)c1. The van der Waals surface area contributed by atoms with Gasteiger partial charge < -0.3 is 10.6 Å². The van der Waals surface area contributed by atoms with Crippen molar-refractivity contribution in [3.05, 3.63) is 54.1 Å². The molecule has 2 amide bonds. The standard InChI is InChI=1S/C24H29N3O4S/c1-15(23-13-17-6-7-18(23)12-17)27-32(30,31)22-10-8-20(9-11-22)26-24(29)19-4-3-5-21(14-19)25-16(2)28/h3-5,8-11,14-15,17-18,23,27H,6-7,12-13H2,1-2H3,(H,25,28)(H,26,29)/t15-,17-,18-,23+/m0/s1. The van der Waals surface area contributed by atoms with Crippen molar-refractivity contribution in [2.75, 3.05) is 10.6 Å². The van der Waals surface area contributed by atoms with Gasteiger partial charge in [-0.2, -0.15) is 0 Å². The Labute approximate surface area is 189 Å². The number of sulfonamides is 1. The van der Waals surface area contributed by atoms with Crippen LogP contribution in [0.15, 0.2) is 53.4 Å². The van der Waals surface area contributed by atoms with Gasteiger partial charge in [0.1, 0.15) is 0 Å². The van der Waals surface area contributed by atoms with Crippen LogP contribution in [0, 0.1) is 17.8 Å². The van der Waals surface area contributed by atoms with E-state index in [0.717, 1.165) is 12.3 Å². The van der Waals surface area contributed by atoms with Gasteiger partial charge >= 0.3 is 0 Å². The highest BCUT2D eigenvalue weighted by atomic mass is 32.2. The number of carbonyl (C=O) groups excluding carboxylic acids is 2. The molecule has 0 aromatic heterocycles. The predicted molar refractivity (Wildman–Crippen MR) is 124 cm³/mol. The third-order valence-electron chi connectivity index (χ3n) is 6.64. The van der Waals surface area contributed by atoms with Crippen LogP contribution in [0.1, 0.15) is 49.9 Å². The molecule has 0 aliphatic heterocycles. The van der Waals surface area contributed by atoms with Gasteiger partial charge in [-0.05, 0) is 86.4 Å². The lowest BCUT2D eigenvalue weighted by Crippen LogP contribution is -2.40. The van der Waals surface area contributed by atoms with E-state index in [1.807, 2.05) is 6.92 Å². The van der Waals surface area contributed by atoms with Crippen molar-refractivity contribution in [2.45, 2.75) is 50.5 Å². The fourth-order valence-corrected chi connectivity index (χ4v) is 6.46. The average molecular weight is 456 g/mol. The molecular formula is C24H29N3O4S. The van der Waals surface area contributed by atoms with Crippen LogP contribution < -0.4 is 15.4 Å². The Balaban J connectivity index is 1.39. The van der Waals surface area contributed by atoms with E-state index in [2.05, 4.69) is 15.4 Å². The van der Waals surface area contributed by atoms with Crippen molar-refractivity contribution >= 4 is 33.2 Å². The molecule has 3 N–H and O–H groups in total. The average Bonchev–Trinajstić information content (AvgIpc) is 3.37. The summed E-state index contributed by atoms with van der Waals surface area (Å²) in [5, 5.41) is 5.39. The molecule has 2 aliphatic rings. The molecule has 8 heteroatoms. The smallest absolute Gasteiger partial charge is 0.255 e. The Morgan fingerprint density at radius 3 is 2.34 bits per heavy atom. The van der Waals surface area contributed by atoms with Crippen molar-refractivity contribution in [2.24, 2.45) is 17.8 Å². The summed E-state index contributed by atoms with van der Waals surface area (Å²) in [6.07, 6.45) is 4.84. The molecule has 4 atom stereocenters. The number of carbonyl (C=O) groups is 2. The van der Waals surface area contributed by atoms with Gasteiger partial charge in [-0.3, -0.25) is 9.59 Å². The van der Waals surface area contributed by atoms with E-state index < -0.39 is 10.0 Å². The van der Waals surface area contributed by atoms with Crippen LogP contribution in [0.4, 0.5) is 11.4 Å². The molecule has 0 saturated heterocycles. The van der Waals surface area contributed by atoms with Crippen LogP contribution in [0.5, 0.6) is 0 Å². The maximum atomic E-state index is 12.9. The zero-order valence-electron chi connectivity index (χ0n) is 18.3. The number of benzene rings is 2. The van der Waals surface area contributed by atoms with Gasteiger partial charge in [-0.1, -0.05) is 12.5 Å². The minimum atomic E-state index is -3.63. The lowest BCUT2D eigenvalue weighted by Gasteiger charge is -2.28. The highest BCUT2D eigenvalue weighted by Crippen LogP contribution is 2.49. The molecule has 2 saturated carbocycles. The summed E-state index contributed by atoms with van der Waals surface area (Å²) in [5.74, 6) is 1.24. The molecule has 2 aromatic rings. The summed E-state index contributed by atoms with van der Waals surface area (Å²) in [6.45, 7) is 3.36. The van der Waals surface area contributed by atoms with Gasteiger partial charge in [0.25, 0.3) is 5.91 Å². The molecule has 4 rings (SSSR count). The Bertz CT molecular complexity index is 1110. The lowest BCUT2D eigenvalue weighted by atomic mass is 9.84. The summed E-state index contributed by atoms with van der Waals surface area (Å²) < 4.78 is 28.6. The van der Waals surface area contributed by atoms with Crippen molar-refractivity contribution in [3.8, 4) is 0 Å². The molecular weight excluding hydrogens is 426 g/mol. The molecule has 2 aliphatic carbocycles. The third-order valence-corrected chi connectivity index (χ3v) is 8.22. The Kier molecular flexibility index (Phi) is 6.35. The molecule has 7 nitrogen and oxygen atoms in total. The zero-order valence-corrected chi connectivity index (χ0v) is 19.1. The molecule has 170 valence electrons. The summed E-state index contributed by atoms with van der Waals surface area (Å²) in [4.78, 5) is 23.9. The second kappa shape index (κ2) is 9.03. The van der Waals surface area contributed by atoms with Crippen LogP contribution >= 0.6 is 0 Å². The fourth-order valence-electron chi connectivity index (χ4n) is 5.17. The van der Waals surface area contributed by atoms with Gasteiger partial charge in [-0.25, -0.2) is 13.1 Å². The molecule has 32 heavy (non-hydrogen) atoms. The van der Waals surface area contributed by atoms with Gasteiger partial charge in [0.05, 0.1) is 4.90 Å². The monoisotopic (exact) mass is 455 g/mol. The van der Waals surface area contributed by atoms with Crippen molar-refractivity contribution in [3.63, 3.8) is 0 Å². The highest BCUT2D eigenvalue weighted by molar-refractivity contribution is 7.89. The first-order valence-corrected chi connectivity index (χ1v) is 12.5. The molecule has 2 bridgehead atoms. The number of nitrogens with one attached hydrogen (secondary N) is 3. The molecule has 0 spiro atoms. The first kappa shape index (κ1) is 22.5. The first-order chi connectivity index (χ1) is 15.2. The van der Waals surface area contributed by atoms with Gasteiger partial charge in [-0.15, -0.1) is 0 Å². The molecule has 0 radical (unpaired) electrons. The van der Waals surface area contributed by atoms with E-state index in [4.69, 9.17) is 0 Å². The van der Waals surface area contributed by atoms with E-state index in [1.54, 1.807) is 36.4 Å².